The van der Waals surface area contributed by atoms with E-state index in [1.165, 1.54) is 4.90 Å². The van der Waals surface area contributed by atoms with E-state index in [-0.39, 0.29) is 6.54 Å². The number of terminal acetylenes is 1. The van der Waals surface area contributed by atoms with E-state index in [0.717, 1.165) is 20.0 Å². The number of carbonyl (C=O) groups is 3. The van der Waals surface area contributed by atoms with Crippen LogP contribution in [-0.2, 0) is 14.3 Å². The molecule has 0 unspecified atom stereocenters. The fourth-order valence-electron chi connectivity index (χ4n) is 1.63. The predicted octanol–water partition coefficient (Wildman–Crippen LogP) is 0.0575. The molecule has 0 aromatic rings. The lowest BCUT2D eigenvalue weighted by atomic mass is 10.2. The summed E-state index contributed by atoms with van der Waals surface area (Å²) in [5.41, 5.74) is 0. The van der Waals surface area contributed by atoms with Crippen LogP contribution in [0.3, 0.4) is 0 Å². The molecule has 0 aliphatic heterocycles. The number of amides is 2. The summed E-state index contributed by atoms with van der Waals surface area (Å²) in [5, 5.41) is 11.3. The van der Waals surface area contributed by atoms with Gasteiger partial charge in [0.15, 0.2) is 0 Å². The van der Waals surface area contributed by atoms with Gasteiger partial charge in [0, 0.05) is 6.54 Å². The summed E-state index contributed by atoms with van der Waals surface area (Å²) in [6.07, 6.45) is 6.85. The van der Waals surface area contributed by atoms with E-state index in [2.05, 4.69) is 16.0 Å². The first-order valence-electron chi connectivity index (χ1n) is 6.26. The number of urea groups is 1. The highest BCUT2D eigenvalue weighted by Gasteiger charge is 2.29. The third-order valence-corrected chi connectivity index (χ3v) is 2.94. The SMILES string of the molecule is C#CCN(CC1CC1)C(=O)N[C@@H](CC(=O)OC)C(=O)O. The maximum atomic E-state index is 12.0. The van der Waals surface area contributed by atoms with Crippen molar-refractivity contribution in [3.63, 3.8) is 0 Å². The van der Waals surface area contributed by atoms with E-state index in [0.29, 0.717) is 12.5 Å². The molecule has 0 bridgehead atoms. The van der Waals surface area contributed by atoms with Gasteiger partial charge in [-0.1, -0.05) is 5.92 Å². The van der Waals surface area contributed by atoms with Crippen molar-refractivity contribution >= 4 is 18.0 Å². The normalized spacial score (nSPS) is 14.8. The van der Waals surface area contributed by atoms with Gasteiger partial charge in [-0.05, 0) is 18.8 Å². The second-order valence-electron chi connectivity index (χ2n) is 4.65. The highest BCUT2D eigenvalue weighted by molar-refractivity contribution is 5.86. The Kier molecular flexibility index (Phi) is 5.84. The molecule has 0 aromatic carbocycles. The number of aliphatic carboxylic acids is 1. The summed E-state index contributed by atoms with van der Waals surface area (Å²) < 4.78 is 4.40. The molecule has 2 N–H and O–H groups in total. The van der Waals surface area contributed by atoms with Gasteiger partial charge in [-0.3, -0.25) is 4.79 Å². The molecule has 0 radical (unpaired) electrons. The average molecular weight is 282 g/mol. The maximum absolute atomic E-state index is 12.0. The van der Waals surface area contributed by atoms with Crippen LogP contribution in [0.25, 0.3) is 0 Å². The molecular weight excluding hydrogens is 264 g/mol. The fraction of sp³-hybridized carbons (Fsp3) is 0.615. The summed E-state index contributed by atoms with van der Waals surface area (Å²) in [6.45, 7) is 0.605. The summed E-state index contributed by atoms with van der Waals surface area (Å²) in [7, 11) is 1.15. The predicted molar refractivity (Wildman–Crippen MR) is 69.7 cm³/mol. The van der Waals surface area contributed by atoms with Crippen LogP contribution < -0.4 is 5.32 Å². The molecule has 1 rings (SSSR count). The van der Waals surface area contributed by atoms with Crippen molar-refractivity contribution in [1.82, 2.24) is 10.2 Å². The fourth-order valence-corrected chi connectivity index (χ4v) is 1.63. The Morgan fingerprint density at radius 2 is 2.15 bits per heavy atom. The molecule has 1 fully saturated rings. The summed E-state index contributed by atoms with van der Waals surface area (Å²) in [4.78, 5) is 35.5. The van der Waals surface area contributed by atoms with Crippen molar-refractivity contribution in [3.8, 4) is 12.3 Å². The second kappa shape index (κ2) is 7.38. The Hall–Kier alpha value is -2.23. The molecule has 0 aromatic heterocycles. The average Bonchev–Trinajstić information content (AvgIpc) is 3.20. The van der Waals surface area contributed by atoms with E-state index >= 15 is 0 Å². The lowest BCUT2D eigenvalue weighted by molar-refractivity contribution is -0.147. The number of rotatable bonds is 7. The van der Waals surface area contributed by atoms with Crippen molar-refractivity contribution in [3.05, 3.63) is 0 Å². The van der Waals surface area contributed by atoms with Gasteiger partial charge in [-0.2, -0.15) is 0 Å². The number of nitrogens with zero attached hydrogens (tertiary/aromatic N) is 1. The second-order valence-corrected chi connectivity index (χ2v) is 4.65. The van der Waals surface area contributed by atoms with Gasteiger partial charge in [0.1, 0.15) is 6.04 Å². The van der Waals surface area contributed by atoms with Gasteiger partial charge < -0.3 is 20.1 Å². The minimum atomic E-state index is -1.32. The van der Waals surface area contributed by atoms with Gasteiger partial charge in [-0.15, -0.1) is 6.42 Å². The van der Waals surface area contributed by atoms with Crippen LogP contribution in [0.2, 0.25) is 0 Å². The van der Waals surface area contributed by atoms with Crippen molar-refractivity contribution in [2.24, 2.45) is 5.92 Å². The van der Waals surface area contributed by atoms with Gasteiger partial charge in [0.05, 0.1) is 20.1 Å². The molecule has 0 saturated heterocycles. The number of carbonyl (C=O) groups excluding carboxylic acids is 2. The summed E-state index contributed by atoms with van der Waals surface area (Å²) >= 11 is 0. The van der Waals surface area contributed by atoms with Gasteiger partial charge in [0.25, 0.3) is 0 Å². The third kappa shape index (κ3) is 5.18. The van der Waals surface area contributed by atoms with Crippen LogP contribution in [0.5, 0.6) is 0 Å². The first-order chi connectivity index (χ1) is 9.47. The van der Waals surface area contributed by atoms with Crippen LogP contribution in [0.15, 0.2) is 0 Å². The number of methoxy groups -OCH3 is 1. The Balaban J connectivity index is 2.59. The number of esters is 1. The van der Waals surface area contributed by atoms with E-state index in [1.54, 1.807) is 0 Å². The van der Waals surface area contributed by atoms with Crippen LogP contribution in [0, 0.1) is 18.3 Å². The largest absolute Gasteiger partial charge is 0.480 e. The topological polar surface area (TPSA) is 95.9 Å². The number of nitrogens with one attached hydrogen (secondary N) is 1. The minimum Gasteiger partial charge on any atom is -0.480 e. The first kappa shape index (κ1) is 15.8. The minimum absolute atomic E-state index is 0.104. The molecule has 7 nitrogen and oxygen atoms in total. The van der Waals surface area contributed by atoms with Crippen molar-refractivity contribution in [1.29, 1.82) is 0 Å². The standard InChI is InChI=1S/C13H18N2O5/c1-3-6-15(8-9-4-5-9)13(19)14-10(12(17)18)7-11(16)20-2/h1,9-10H,4-8H2,2H3,(H,14,19)(H,17,18)/t10-/m0/s1. The zero-order valence-corrected chi connectivity index (χ0v) is 11.3. The number of hydrogen-bond donors (Lipinski definition) is 2. The smallest absolute Gasteiger partial charge is 0.326 e. The molecule has 110 valence electrons. The molecule has 0 heterocycles. The Labute approximate surface area is 117 Å². The molecule has 1 saturated carbocycles. The van der Waals surface area contributed by atoms with E-state index in [1.807, 2.05) is 0 Å². The van der Waals surface area contributed by atoms with Crippen LogP contribution in [0.1, 0.15) is 19.3 Å². The molecule has 20 heavy (non-hydrogen) atoms. The zero-order chi connectivity index (χ0) is 15.1. The van der Waals surface area contributed by atoms with Crippen molar-refractivity contribution in [2.75, 3.05) is 20.2 Å². The number of carboxylic acid groups (broad SMARTS) is 1. The number of carboxylic acids is 1. The lowest BCUT2D eigenvalue weighted by Gasteiger charge is -2.23. The Morgan fingerprint density at radius 3 is 2.60 bits per heavy atom. The highest BCUT2D eigenvalue weighted by atomic mass is 16.5. The molecule has 2 amide bonds. The molecular formula is C13H18N2O5. The van der Waals surface area contributed by atoms with Crippen LogP contribution >= 0.6 is 0 Å². The quantitative estimate of drug-likeness (QED) is 0.508. The third-order valence-electron chi connectivity index (χ3n) is 2.94. The monoisotopic (exact) mass is 282 g/mol. The highest BCUT2D eigenvalue weighted by Crippen LogP contribution is 2.29. The molecule has 0 spiro atoms. The molecule has 7 heteroatoms. The van der Waals surface area contributed by atoms with E-state index in [4.69, 9.17) is 11.5 Å². The van der Waals surface area contributed by atoms with E-state index in [9.17, 15) is 14.4 Å². The van der Waals surface area contributed by atoms with Crippen LogP contribution in [0.4, 0.5) is 4.79 Å². The van der Waals surface area contributed by atoms with Gasteiger partial charge >= 0.3 is 18.0 Å². The lowest BCUT2D eigenvalue weighted by Crippen LogP contribution is -2.49. The number of hydrogen-bond acceptors (Lipinski definition) is 4. The zero-order valence-electron chi connectivity index (χ0n) is 11.3. The molecule has 1 aliphatic carbocycles. The Morgan fingerprint density at radius 1 is 1.50 bits per heavy atom. The Bertz CT molecular complexity index is 425. The molecule has 1 atom stereocenters. The van der Waals surface area contributed by atoms with Crippen molar-refractivity contribution in [2.45, 2.75) is 25.3 Å². The van der Waals surface area contributed by atoms with Crippen LogP contribution in [-0.4, -0.2) is 54.2 Å². The summed E-state index contributed by atoms with van der Waals surface area (Å²) in [6, 6.07) is -1.90. The maximum Gasteiger partial charge on any atom is 0.326 e. The first-order valence-corrected chi connectivity index (χ1v) is 6.26. The molecule has 1 aliphatic rings. The number of ether oxygens (including phenoxy) is 1. The summed E-state index contributed by atoms with van der Waals surface area (Å²) in [5.74, 6) is 0.790. The van der Waals surface area contributed by atoms with Crippen molar-refractivity contribution < 1.29 is 24.2 Å². The van der Waals surface area contributed by atoms with Gasteiger partial charge in [-0.25, -0.2) is 9.59 Å². The van der Waals surface area contributed by atoms with Gasteiger partial charge in [0.2, 0.25) is 0 Å². The van der Waals surface area contributed by atoms with E-state index < -0.39 is 30.4 Å².